The average molecular weight is 505 g/mol. The Kier molecular flexibility index (Phi) is 7.18. The van der Waals surface area contributed by atoms with Crippen LogP contribution in [0.5, 0.6) is 0 Å². The first-order valence-electron chi connectivity index (χ1n) is 11.9. The molecule has 2 fully saturated rings. The van der Waals surface area contributed by atoms with Gasteiger partial charge in [0.2, 0.25) is 11.8 Å². The monoisotopic (exact) mass is 504 g/mol. The summed E-state index contributed by atoms with van der Waals surface area (Å²) in [6.45, 7) is 3.25. The first kappa shape index (κ1) is 25.5. The number of rotatable bonds is 7. The molecule has 0 aliphatic carbocycles. The number of fused-ring (bicyclic) bond motifs is 1. The van der Waals surface area contributed by atoms with E-state index in [1.807, 2.05) is 4.90 Å². The van der Waals surface area contributed by atoms with Crippen molar-refractivity contribution >= 4 is 17.5 Å². The number of alkyl halides is 3. The fourth-order valence-electron chi connectivity index (χ4n) is 5.00. The minimum absolute atomic E-state index is 0.0568. The Balaban J connectivity index is 1.58. The minimum atomic E-state index is -4.44. The molecular formula is C25H29F3N5O3+. The molecule has 2 aliphatic heterocycles. The van der Waals surface area contributed by atoms with Gasteiger partial charge in [0.05, 0.1) is 10.5 Å². The van der Waals surface area contributed by atoms with E-state index in [2.05, 4.69) is 5.32 Å². The third-order valence-corrected chi connectivity index (χ3v) is 6.85. The summed E-state index contributed by atoms with van der Waals surface area (Å²) < 4.78 is 39.3. The summed E-state index contributed by atoms with van der Waals surface area (Å²) in [5.74, 6) is -0.713. The molecule has 192 valence electrons. The van der Waals surface area contributed by atoms with Crippen molar-refractivity contribution in [1.82, 2.24) is 10.3 Å². The van der Waals surface area contributed by atoms with Gasteiger partial charge in [0.25, 0.3) is 6.04 Å². The van der Waals surface area contributed by atoms with E-state index in [-0.39, 0.29) is 24.4 Å². The van der Waals surface area contributed by atoms with Gasteiger partial charge in [-0.2, -0.15) is 13.2 Å². The number of benzene rings is 2. The summed E-state index contributed by atoms with van der Waals surface area (Å²) in [6, 6.07) is 11.0. The molecule has 2 amide bonds. The Labute approximate surface area is 206 Å². The molecule has 2 saturated heterocycles. The van der Waals surface area contributed by atoms with Crippen molar-refractivity contribution < 1.29 is 27.6 Å². The second-order valence-electron chi connectivity index (χ2n) is 9.31. The number of anilines is 1. The van der Waals surface area contributed by atoms with Crippen LogP contribution in [-0.2, 0) is 17.5 Å². The fourth-order valence-corrected chi connectivity index (χ4v) is 5.00. The summed E-state index contributed by atoms with van der Waals surface area (Å²) in [6.07, 6.45) is -3.56. The number of hydrogen-bond donors (Lipinski definition) is 2. The molecule has 0 saturated carbocycles. The van der Waals surface area contributed by atoms with Crippen LogP contribution >= 0.6 is 0 Å². The normalized spacial score (nSPS) is 21.9. The zero-order valence-electron chi connectivity index (χ0n) is 19.9. The van der Waals surface area contributed by atoms with Gasteiger partial charge in [0.15, 0.2) is 0 Å². The number of nitroso groups, excluding NO2 is 1. The smallest absolute Gasteiger partial charge is 0.366 e. The number of halogens is 3. The van der Waals surface area contributed by atoms with Gasteiger partial charge < -0.3 is 16.0 Å². The number of hydrogen-bond acceptors (Lipinski definition) is 4. The highest BCUT2D eigenvalue weighted by atomic mass is 19.4. The lowest BCUT2D eigenvalue weighted by Crippen LogP contribution is -2.54. The van der Waals surface area contributed by atoms with Crippen molar-refractivity contribution in [1.29, 1.82) is 0 Å². The Morgan fingerprint density at radius 3 is 2.50 bits per heavy atom. The predicted octanol–water partition coefficient (Wildman–Crippen LogP) is 3.10. The molecule has 0 bridgehead atoms. The van der Waals surface area contributed by atoms with Gasteiger partial charge in [-0.05, 0) is 42.0 Å². The fraction of sp³-hybridized carbons (Fsp3) is 0.440. The maximum absolute atomic E-state index is 13.4. The standard InChI is InChI=1S/C25H28F3N5O3/c1-2-23(34)30-12-17-11-21-22(32(14-17)20-8-6-19(7-9-20)25(26,27)28)15-31(33(21)36)13-16-4-3-5-18(10-16)24(29)35/h3-10,17,21-22H,2,11-15H2,1H3,(H2-,29,30,34,35)/p+1. The summed E-state index contributed by atoms with van der Waals surface area (Å²) >= 11 is 0. The molecule has 2 aromatic carbocycles. The van der Waals surface area contributed by atoms with Crippen molar-refractivity contribution in [3.05, 3.63) is 70.1 Å². The van der Waals surface area contributed by atoms with Crippen molar-refractivity contribution in [3.63, 3.8) is 0 Å². The highest BCUT2D eigenvalue weighted by Gasteiger charge is 2.54. The number of carbonyl (C=O) groups excluding carboxylic acids is 2. The maximum atomic E-state index is 13.4. The van der Waals surface area contributed by atoms with Crippen LogP contribution in [-0.4, -0.2) is 53.4 Å². The van der Waals surface area contributed by atoms with Crippen LogP contribution < -0.4 is 16.0 Å². The van der Waals surface area contributed by atoms with Crippen LogP contribution in [0.4, 0.5) is 18.9 Å². The van der Waals surface area contributed by atoms with E-state index in [1.54, 1.807) is 36.2 Å². The van der Waals surface area contributed by atoms with E-state index in [1.165, 1.54) is 12.1 Å². The van der Waals surface area contributed by atoms with Crippen molar-refractivity contribution in [3.8, 4) is 0 Å². The molecule has 0 spiro atoms. The van der Waals surface area contributed by atoms with E-state index in [0.29, 0.717) is 43.7 Å². The zero-order valence-corrected chi connectivity index (χ0v) is 19.9. The molecule has 8 nitrogen and oxygen atoms in total. The molecule has 11 heteroatoms. The number of primary amides is 1. The van der Waals surface area contributed by atoms with Crippen LogP contribution in [0, 0.1) is 10.8 Å². The number of nitrogens with zero attached hydrogens (tertiary/aromatic N) is 3. The number of amides is 2. The lowest BCUT2D eigenvalue weighted by Gasteiger charge is -2.38. The quantitative estimate of drug-likeness (QED) is 0.565. The molecule has 3 unspecified atom stereocenters. The molecule has 0 radical (unpaired) electrons. The molecule has 4 rings (SSSR count). The Morgan fingerprint density at radius 2 is 1.86 bits per heavy atom. The number of nitrogens with two attached hydrogens (primary N) is 1. The molecule has 0 aromatic heterocycles. The molecule has 3 N–H and O–H groups in total. The van der Waals surface area contributed by atoms with E-state index in [9.17, 15) is 27.7 Å². The van der Waals surface area contributed by atoms with Gasteiger partial charge in [0.1, 0.15) is 24.0 Å². The SMILES string of the molecule is CCC(=O)NCC1CC2C(CN(Cc3cccc(C(N)=O)c3)[N+]2=O)N(c2ccc(C(F)(F)F)cc2)C1. The van der Waals surface area contributed by atoms with Crippen LogP contribution in [0.3, 0.4) is 0 Å². The van der Waals surface area contributed by atoms with Gasteiger partial charge in [0, 0.05) is 43.1 Å². The number of carbonyl (C=O) groups is 2. The molecule has 36 heavy (non-hydrogen) atoms. The Morgan fingerprint density at radius 1 is 1.14 bits per heavy atom. The highest BCUT2D eigenvalue weighted by molar-refractivity contribution is 5.92. The first-order chi connectivity index (χ1) is 17.1. The van der Waals surface area contributed by atoms with Gasteiger partial charge in [-0.3, -0.25) is 9.59 Å². The first-order valence-corrected chi connectivity index (χ1v) is 11.9. The Hall–Kier alpha value is -3.63. The van der Waals surface area contributed by atoms with Gasteiger partial charge in [-0.25, -0.2) is 0 Å². The maximum Gasteiger partial charge on any atom is 0.416 e. The third-order valence-electron chi connectivity index (χ3n) is 6.85. The van der Waals surface area contributed by atoms with Gasteiger partial charge in [-0.1, -0.05) is 19.1 Å². The van der Waals surface area contributed by atoms with Crippen molar-refractivity contribution in [2.45, 2.75) is 44.6 Å². The minimum Gasteiger partial charge on any atom is -0.366 e. The summed E-state index contributed by atoms with van der Waals surface area (Å²) in [4.78, 5) is 39.6. The summed E-state index contributed by atoms with van der Waals surface area (Å²) in [5, 5.41) is 4.51. The highest BCUT2D eigenvalue weighted by Crippen LogP contribution is 2.36. The largest absolute Gasteiger partial charge is 0.416 e. The van der Waals surface area contributed by atoms with E-state index >= 15 is 0 Å². The van der Waals surface area contributed by atoms with Gasteiger partial charge in [-0.15, -0.1) is 5.01 Å². The van der Waals surface area contributed by atoms with E-state index in [4.69, 9.17) is 5.73 Å². The molecular weight excluding hydrogens is 475 g/mol. The number of piperidine rings is 1. The van der Waals surface area contributed by atoms with E-state index in [0.717, 1.165) is 22.6 Å². The lowest BCUT2D eigenvalue weighted by molar-refractivity contribution is -0.716. The van der Waals surface area contributed by atoms with Crippen LogP contribution in [0.1, 0.15) is 41.3 Å². The third kappa shape index (κ3) is 5.44. The van der Waals surface area contributed by atoms with Crippen molar-refractivity contribution in [2.24, 2.45) is 11.7 Å². The molecule has 2 aliphatic rings. The summed E-state index contributed by atoms with van der Waals surface area (Å²) in [5.41, 5.74) is 6.33. The van der Waals surface area contributed by atoms with Crippen molar-refractivity contribution in [2.75, 3.05) is 24.5 Å². The second-order valence-corrected chi connectivity index (χ2v) is 9.31. The second kappa shape index (κ2) is 10.2. The van der Waals surface area contributed by atoms with Crippen LogP contribution in [0.15, 0.2) is 48.5 Å². The zero-order chi connectivity index (χ0) is 26.0. The molecule has 2 heterocycles. The number of nitrogens with one attached hydrogen (secondary N) is 1. The lowest BCUT2D eigenvalue weighted by atomic mass is 9.88. The topological polar surface area (TPSA) is 98.8 Å². The predicted molar refractivity (Wildman–Crippen MR) is 127 cm³/mol. The average Bonchev–Trinajstić information content (AvgIpc) is 3.16. The Bertz CT molecular complexity index is 1140. The van der Waals surface area contributed by atoms with Gasteiger partial charge >= 0.3 is 6.18 Å². The molecule has 3 atom stereocenters. The molecule has 2 aromatic rings. The van der Waals surface area contributed by atoms with Crippen LogP contribution in [0.2, 0.25) is 0 Å². The number of hydrazine groups is 1. The van der Waals surface area contributed by atoms with Crippen LogP contribution in [0.25, 0.3) is 0 Å². The summed E-state index contributed by atoms with van der Waals surface area (Å²) in [7, 11) is 0. The van der Waals surface area contributed by atoms with E-state index < -0.39 is 23.7 Å².